The molecule has 0 saturated heterocycles. The van der Waals surface area contributed by atoms with Crippen LogP contribution in [-0.2, 0) is 4.74 Å². The first kappa shape index (κ1) is 10.2. The van der Waals surface area contributed by atoms with Gasteiger partial charge < -0.3 is 4.74 Å². The van der Waals surface area contributed by atoms with Crippen LogP contribution in [0.3, 0.4) is 0 Å². The molecule has 0 aliphatic rings. The van der Waals surface area contributed by atoms with Gasteiger partial charge in [-0.25, -0.2) is 4.79 Å². The van der Waals surface area contributed by atoms with Crippen molar-refractivity contribution >= 4 is 22.0 Å². The molecule has 13 heavy (non-hydrogen) atoms. The molecule has 0 saturated carbocycles. The first-order chi connectivity index (χ1) is 5.88. The zero-order valence-corrected chi connectivity index (χ0v) is 9.33. The highest BCUT2D eigenvalue weighted by Gasteiger charge is 2.17. The van der Waals surface area contributed by atoms with E-state index in [2.05, 4.69) is 21.0 Å². The Morgan fingerprint density at radius 2 is 2.23 bits per heavy atom. The SMILES string of the molecule is CC(C)(C)OC(=O)n1cc(Br)cn1. The van der Waals surface area contributed by atoms with E-state index < -0.39 is 11.7 Å². The van der Waals surface area contributed by atoms with Crippen molar-refractivity contribution < 1.29 is 9.53 Å². The Morgan fingerprint density at radius 1 is 1.62 bits per heavy atom. The molecule has 0 bridgehead atoms. The van der Waals surface area contributed by atoms with Crippen LogP contribution in [0.1, 0.15) is 20.8 Å². The van der Waals surface area contributed by atoms with E-state index in [9.17, 15) is 4.79 Å². The zero-order chi connectivity index (χ0) is 10.1. The molecular formula is C8H11BrN2O2. The number of carbonyl (C=O) groups excluding carboxylic acids is 1. The summed E-state index contributed by atoms with van der Waals surface area (Å²) in [6.07, 6.45) is 2.61. The van der Waals surface area contributed by atoms with Crippen molar-refractivity contribution in [2.75, 3.05) is 0 Å². The Hall–Kier alpha value is -0.840. The van der Waals surface area contributed by atoms with Crippen LogP contribution in [0.2, 0.25) is 0 Å². The molecule has 0 aliphatic carbocycles. The Morgan fingerprint density at radius 3 is 2.62 bits per heavy atom. The van der Waals surface area contributed by atoms with Crippen molar-refractivity contribution in [3.63, 3.8) is 0 Å². The van der Waals surface area contributed by atoms with Gasteiger partial charge in [-0.15, -0.1) is 0 Å². The number of carbonyl (C=O) groups is 1. The fraction of sp³-hybridized carbons (Fsp3) is 0.500. The molecule has 0 unspecified atom stereocenters. The lowest BCUT2D eigenvalue weighted by Gasteiger charge is -2.18. The van der Waals surface area contributed by atoms with Gasteiger partial charge in [-0.05, 0) is 36.7 Å². The zero-order valence-electron chi connectivity index (χ0n) is 7.74. The van der Waals surface area contributed by atoms with E-state index in [0.29, 0.717) is 0 Å². The highest BCUT2D eigenvalue weighted by atomic mass is 79.9. The quantitative estimate of drug-likeness (QED) is 0.707. The maximum absolute atomic E-state index is 11.3. The van der Waals surface area contributed by atoms with Gasteiger partial charge in [0, 0.05) is 0 Å². The molecule has 72 valence electrons. The van der Waals surface area contributed by atoms with Crippen LogP contribution in [0, 0.1) is 0 Å². The van der Waals surface area contributed by atoms with Crippen molar-refractivity contribution in [1.29, 1.82) is 0 Å². The van der Waals surface area contributed by atoms with Gasteiger partial charge in [0.25, 0.3) is 0 Å². The van der Waals surface area contributed by atoms with Gasteiger partial charge in [0.05, 0.1) is 16.9 Å². The Balaban J connectivity index is 2.70. The van der Waals surface area contributed by atoms with Gasteiger partial charge in [0.15, 0.2) is 0 Å². The second kappa shape index (κ2) is 3.49. The van der Waals surface area contributed by atoms with Crippen molar-refractivity contribution in [2.45, 2.75) is 26.4 Å². The first-order valence-corrected chi connectivity index (χ1v) is 4.61. The lowest BCUT2D eigenvalue weighted by Crippen LogP contribution is -2.27. The predicted octanol–water partition coefficient (Wildman–Crippen LogP) is 2.43. The number of ether oxygens (including phenoxy) is 1. The average molecular weight is 247 g/mol. The molecule has 1 aromatic rings. The summed E-state index contributed by atoms with van der Waals surface area (Å²) in [5.41, 5.74) is -0.491. The highest BCUT2D eigenvalue weighted by Crippen LogP contribution is 2.11. The van der Waals surface area contributed by atoms with Gasteiger partial charge >= 0.3 is 6.09 Å². The normalized spacial score (nSPS) is 11.4. The molecule has 0 aliphatic heterocycles. The average Bonchev–Trinajstić information content (AvgIpc) is 2.31. The second-order valence-electron chi connectivity index (χ2n) is 3.58. The minimum absolute atomic E-state index is 0.474. The fourth-order valence-electron chi connectivity index (χ4n) is 0.709. The molecule has 0 N–H and O–H groups in total. The minimum atomic E-state index is -0.491. The molecule has 5 heteroatoms. The maximum Gasteiger partial charge on any atom is 0.435 e. The third-order valence-corrected chi connectivity index (χ3v) is 1.54. The van der Waals surface area contributed by atoms with Gasteiger partial charge in [-0.1, -0.05) is 0 Å². The Bertz CT molecular complexity index is 314. The number of aromatic nitrogens is 2. The lowest BCUT2D eigenvalue weighted by molar-refractivity contribution is 0.0514. The summed E-state index contributed by atoms with van der Waals surface area (Å²) in [5, 5.41) is 3.80. The van der Waals surface area contributed by atoms with Crippen LogP contribution < -0.4 is 0 Å². The largest absolute Gasteiger partial charge is 0.442 e. The summed E-state index contributed by atoms with van der Waals surface area (Å²) in [7, 11) is 0. The number of nitrogens with zero attached hydrogens (tertiary/aromatic N) is 2. The van der Waals surface area contributed by atoms with Gasteiger partial charge in [0.1, 0.15) is 5.60 Å². The number of halogens is 1. The molecule has 0 spiro atoms. The molecule has 0 aromatic carbocycles. The third kappa shape index (κ3) is 3.18. The molecule has 4 nitrogen and oxygen atoms in total. The van der Waals surface area contributed by atoms with E-state index in [1.54, 1.807) is 6.20 Å². The van der Waals surface area contributed by atoms with E-state index in [-0.39, 0.29) is 0 Å². The van der Waals surface area contributed by atoms with Crippen LogP contribution >= 0.6 is 15.9 Å². The molecule has 1 aromatic heterocycles. The smallest absolute Gasteiger partial charge is 0.435 e. The Kier molecular flexibility index (Phi) is 2.75. The van der Waals surface area contributed by atoms with Gasteiger partial charge in [0.2, 0.25) is 0 Å². The second-order valence-corrected chi connectivity index (χ2v) is 4.50. The monoisotopic (exact) mass is 246 g/mol. The van der Waals surface area contributed by atoms with E-state index in [4.69, 9.17) is 4.74 Å². The number of rotatable bonds is 0. The van der Waals surface area contributed by atoms with Crippen molar-refractivity contribution in [3.05, 3.63) is 16.9 Å². The summed E-state index contributed by atoms with van der Waals surface area (Å²) in [6.45, 7) is 5.43. The molecular weight excluding hydrogens is 236 g/mol. The lowest BCUT2D eigenvalue weighted by atomic mass is 10.2. The van der Waals surface area contributed by atoms with Gasteiger partial charge in [-0.3, -0.25) is 0 Å². The summed E-state index contributed by atoms with van der Waals surface area (Å²) in [4.78, 5) is 11.3. The Labute approximate surface area is 85.0 Å². The van der Waals surface area contributed by atoms with Crippen LogP contribution in [0.15, 0.2) is 16.9 Å². The highest BCUT2D eigenvalue weighted by molar-refractivity contribution is 9.10. The van der Waals surface area contributed by atoms with Crippen molar-refractivity contribution in [2.24, 2.45) is 0 Å². The summed E-state index contributed by atoms with van der Waals surface area (Å²) >= 11 is 3.19. The van der Waals surface area contributed by atoms with Crippen molar-refractivity contribution in [1.82, 2.24) is 9.78 Å². The standard InChI is InChI=1S/C8H11BrN2O2/c1-8(2,3)13-7(12)11-5-6(9)4-10-11/h4-5H,1-3H3. The maximum atomic E-state index is 11.3. The third-order valence-electron chi connectivity index (χ3n) is 1.13. The van der Waals surface area contributed by atoms with E-state index in [1.807, 2.05) is 20.8 Å². The fourth-order valence-corrected chi connectivity index (χ4v) is 0.995. The molecule has 0 fully saturated rings. The van der Waals surface area contributed by atoms with Crippen LogP contribution in [-0.4, -0.2) is 21.5 Å². The predicted molar refractivity (Wildman–Crippen MR) is 51.6 cm³/mol. The van der Waals surface area contributed by atoms with E-state index in [1.165, 1.54) is 6.20 Å². The van der Waals surface area contributed by atoms with Crippen molar-refractivity contribution in [3.8, 4) is 0 Å². The van der Waals surface area contributed by atoms with E-state index >= 15 is 0 Å². The topological polar surface area (TPSA) is 44.1 Å². The van der Waals surface area contributed by atoms with Gasteiger partial charge in [-0.2, -0.15) is 9.78 Å². The number of hydrogen-bond acceptors (Lipinski definition) is 3. The molecule has 1 rings (SSSR count). The van der Waals surface area contributed by atoms with Crippen LogP contribution in [0.25, 0.3) is 0 Å². The molecule has 1 heterocycles. The van der Waals surface area contributed by atoms with Crippen LogP contribution in [0.4, 0.5) is 4.79 Å². The minimum Gasteiger partial charge on any atom is -0.442 e. The molecule has 0 atom stereocenters. The molecule has 0 radical (unpaired) electrons. The number of hydrogen-bond donors (Lipinski definition) is 0. The van der Waals surface area contributed by atoms with Crippen LogP contribution in [0.5, 0.6) is 0 Å². The first-order valence-electron chi connectivity index (χ1n) is 3.82. The summed E-state index contributed by atoms with van der Waals surface area (Å²) in [5.74, 6) is 0. The van der Waals surface area contributed by atoms with E-state index in [0.717, 1.165) is 9.15 Å². The summed E-state index contributed by atoms with van der Waals surface area (Å²) in [6, 6.07) is 0. The summed E-state index contributed by atoms with van der Waals surface area (Å²) < 4.78 is 6.97. The molecule has 0 amide bonds.